The van der Waals surface area contributed by atoms with E-state index < -0.39 is 11.0 Å². The van der Waals surface area contributed by atoms with Crippen molar-refractivity contribution in [2.45, 2.75) is 19.8 Å². The van der Waals surface area contributed by atoms with E-state index in [-0.39, 0.29) is 5.92 Å². The first kappa shape index (κ1) is 11.1. The Labute approximate surface area is 96.5 Å². The van der Waals surface area contributed by atoms with Gasteiger partial charge in [-0.3, -0.25) is 4.72 Å². The highest BCUT2D eigenvalue weighted by molar-refractivity contribution is 7.85. The van der Waals surface area contributed by atoms with E-state index in [9.17, 15) is 4.21 Å². The fourth-order valence-electron chi connectivity index (χ4n) is 1.65. The molecule has 0 bridgehead atoms. The Balaban J connectivity index is 2.63. The summed E-state index contributed by atoms with van der Waals surface area (Å²) >= 11 is 0. The topological polar surface area (TPSA) is 59.3 Å². The van der Waals surface area contributed by atoms with Crippen LogP contribution in [0.2, 0.25) is 0 Å². The van der Waals surface area contributed by atoms with E-state index in [1.807, 2.05) is 12.3 Å². The lowest BCUT2D eigenvalue weighted by atomic mass is 10.1. The van der Waals surface area contributed by atoms with Gasteiger partial charge >= 0.3 is 0 Å². The molecule has 0 aliphatic carbocycles. The summed E-state index contributed by atoms with van der Waals surface area (Å²) in [4.78, 5) is 4.29. The van der Waals surface area contributed by atoms with Gasteiger partial charge in [-0.05, 0) is 12.0 Å². The number of aromatic nitrogens is 3. The molecule has 0 aliphatic rings. The normalized spacial score (nSPS) is 13.2. The molecule has 2 heterocycles. The van der Waals surface area contributed by atoms with Crippen LogP contribution in [-0.2, 0) is 11.0 Å². The van der Waals surface area contributed by atoms with Gasteiger partial charge in [-0.25, -0.2) is 13.7 Å². The van der Waals surface area contributed by atoms with Crippen LogP contribution in [0.5, 0.6) is 0 Å². The van der Waals surface area contributed by atoms with E-state index in [4.69, 9.17) is 0 Å². The van der Waals surface area contributed by atoms with Gasteiger partial charge in [0.05, 0.1) is 0 Å². The molecule has 0 spiro atoms. The zero-order chi connectivity index (χ0) is 11.7. The zero-order valence-electron chi connectivity index (χ0n) is 9.47. The number of rotatable bonds is 3. The molecule has 0 amide bonds. The molecule has 1 atom stereocenters. The number of fused-ring (bicyclic) bond motifs is 1. The summed E-state index contributed by atoms with van der Waals surface area (Å²) in [6.07, 6.45) is 5.15. The fraction of sp³-hybridized carbons (Fsp3) is 0.400. The lowest BCUT2D eigenvalue weighted by Crippen LogP contribution is -2.04. The molecular formula is C10H14N4OS. The quantitative estimate of drug-likeness (QED) is 0.882. The maximum atomic E-state index is 11.2. The van der Waals surface area contributed by atoms with Crippen LogP contribution in [-0.4, -0.2) is 25.1 Å². The summed E-state index contributed by atoms with van der Waals surface area (Å²) < 4.78 is 15.7. The minimum atomic E-state index is -1.12. The van der Waals surface area contributed by atoms with Crippen LogP contribution in [0.4, 0.5) is 5.82 Å². The average molecular weight is 238 g/mol. The van der Waals surface area contributed by atoms with Gasteiger partial charge in [0.15, 0.2) is 11.5 Å². The minimum absolute atomic E-state index is 0.276. The first-order valence-corrected chi connectivity index (χ1v) is 6.58. The maximum Gasteiger partial charge on any atom is 0.165 e. The van der Waals surface area contributed by atoms with Gasteiger partial charge in [0.25, 0.3) is 0 Å². The molecule has 5 nitrogen and oxygen atoms in total. The van der Waals surface area contributed by atoms with Gasteiger partial charge in [0.1, 0.15) is 11.0 Å². The molecule has 16 heavy (non-hydrogen) atoms. The molecule has 0 aromatic carbocycles. The highest BCUT2D eigenvalue weighted by Gasteiger charge is 2.16. The Morgan fingerprint density at radius 3 is 2.88 bits per heavy atom. The SMILES string of the molecule is CC(C)c1c(NS(C)=O)nn2cccnc12. The number of nitrogens with one attached hydrogen (secondary N) is 1. The molecule has 0 aliphatic heterocycles. The number of hydrogen-bond donors (Lipinski definition) is 1. The van der Waals surface area contributed by atoms with Crippen molar-refractivity contribution in [1.82, 2.24) is 14.6 Å². The van der Waals surface area contributed by atoms with E-state index >= 15 is 0 Å². The van der Waals surface area contributed by atoms with E-state index in [0.29, 0.717) is 5.82 Å². The highest BCUT2D eigenvalue weighted by Crippen LogP contribution is 2.26. The van der Waals surface area contributed by atoms with E-state index in [2.05, 4.69) is 28.7 Å². The van der Waals surface area contributed by atoms with Crippen LogP contribution in [0.1, 0.15) is 25.3 Å². The largest absolute Gasteiger partial charge is 0.288 e. The van der Waals surface area contributed by atoms with Crippen molar-refractivity contribution in [2.24, 2.45) is 0 Å². The Kier molecular flexibility index (Phi) is 2.91. The van der Waals surface area contributed by atoms with Crippen molar-refractivity contribution in [3.8, 4) is 0 Å². The molecule has 86 valence electrons. The molecule has 1 unspecified atom stereocenters. The van der Waals surface area contributed by atoms with Crippen LogP contribution in [0, 0.1) is 0 Å². The Hall–Kier alpha value is -1.43. The molecule has 0 radical (unpaired) electrons. The third-order valence-corrected chi connectivity index (χ3v) is 2.73. The Morgan fingerprint density at radius 1 is 1.50 bits per heavy atom. The molecule has 2 rings (SSSR count). The van der Waals surface area contributed by atoms with Gasteiger partial charge < -0.3 is 0 Å². The van der Waals surface area contributed by atoms with Gasteiger partial charge in [-0.1, -0.05) is 13.8 Å². The van der Waals surface area contributed by atoms with Crippen molar-refractivity contribution in [3.05, 3.63) is 24.0 Å². The average Bonchev–Trinajstić information content (AvgIpc) is 2.53. The standard InChI is InChI=1S/C10H14N4OS/c1-7(2)8-9(13-16(3)15)12-14-6-4-5-11-10(8)14/h4-7H,1-3H3,(H,12,13). The van der Waals surface area contributed by atoms with Gasteiger partial charge in [-0.15, -0.1) is 5.10 Å². The minimum Gasteiger partial charge on any atom is -0.288 e. The summed E-state index contributed by atoms with van der Waals surface area (Å²) in [6.45, 7) is 4.13. The number of anilines is 1. The van der Waals surface area contributed by atoms with Crippen LogP contribution in [0.25, 0.3) is 5.65 Å². The van der Waals surface area contributed by atoms with E-state index in [1.54, 1.807) is 17.0 Å². The Morgan fingerprint density at radius 2 is 2.25 bits per heavy atom. The van der Waals surface area contributed by atoms with Crippen molar-refractivity contribution in [1.29, 1.82) is 0 Å². The summed E-state index contributed by atoms with van der Waals surface area (Å²) in [6, 6.07) is 1.82. The van der Waals surface area contributed by atoms with Gasteiger partial charge in [0, 0.05) is 24.2 Å². The molecule has 2 aromatic heterocycles. The number of hydrogen-bond acceptors (Lipinski definition) is 3. The smallest absolute Gasteiger partial charge is 0.165 e. The lowest BCUT2D eigenvalue weighted by molar-refractivity contribution is 0.689. The van der Waals surface area contributed by atoms with Crippen LogP contribution in [0.15, 0.2) is 18.5 Å². The molecular weight excluding hydrogens is 224 g/mol. The van der Waals surface area contributed by atoms with E-state index in [0.717, 1.165) is 11.2 Å². The maximum absolute atomic E-state index is 11.2. The molecule has 2 aromatic rings. The first-order valence-electron chi connectivity index (χ1n) is 5.03. The lowest BCUT2D eigenvalue weighted by Gasteiger charge is -2.05. The predicted molar refractivity (Wildman–Crippen MR) is 64.8 cm³/mol. The van der Waals surface area contributed by atoms with Gasteiger partial charge in [-0.2, -0.15) is 0 Å². The van der Waals surface area contributed by atoms with Crippen molar-refractivity contribution in [3.63, 3.8) is 0 Å². The summed E-state index contributed by atoms with van der Waals surface area (Å²) in [5, 5.41) is 4.32. The van der Waals surface area contributed by atoms with Crippen molar-refractivity contribution < 1.29 is 4.21 Å². The third kappa shape index (κ3) is 1.92. The van der Waals surface area contributed by atoms with Crippen LogP contribution >= 0.6 is 0 Å². The summed E-state index contributed by atoms with van der Waals surface area (Å²) in [5.41, 5.74) is 1.81. The molecule has 0 saturated heterocycles. The molecule has 0 saturated carbocycles. The zero-order valence-corrected chi connectivity index (χ0v) is 10.3. The predicted octanol–water partition coefficient (Wildman–Crippen LogP) is 1.56. The number of nitrogens with zero attached hydrogens (tertiary/aromatic N) is 3. The van der Waals surface area contributed by atoms with Crippen LogP contribution < -0.4 is 4.72 Å². The second-order valence-corrected chi connectivity index (χ2v) is 4.97. The summed E-state index contributed by atoms with van der Waals surface area (Å²) in [7, 11) is -1.12. The highest BCUT2D eigenvalue weighted by atomic mass is 32.2. The third-order valence-electron chi connectivity index (χ3n) is 2.25. The molecule has 0 fully saturated rings. The summed E-state index contributed by atoms with van der Waals surface area (Å²) in [5.74, 6) is 0.924. The fourth-order valence-corrected chi connectivity index (χ4v) is 2.07. The van der Waals surface area contributed by atoms with Gasteiger partial charge in [0.2, 0.25) is 0 Å². The van der Waals surface area contributed by atoms with Crippen molar-refractivity contribution >= 4 is 22.5 Å². The Bertz CT molecular complexity index is 535. The second kappa shape index (κ2) is 4.21. The first-order chi connectivity index (χ1) is 7.59. The molecule has 1 N–H and O–H groups in total. The molecule has 6 heteroatoms. The van der Waals surface area contributed by atoms with E-state index in [1.165, 1.54) is 0 Å². The van der Waals surface area contributed by atoms with Crippen LogP contribution in [0.3, 0.4) is 0 Å². The monoisotopic (exact) mass is 238 g/mol. The second-order valence-electron chi connectivity index (χ2n) is 3.86. The van der Waals surface area contributed by atoms with Crippen molar-refractivity contribution in [2.75, 3.05) is 11.0 Å².